The lowest BCUT2D eigenvalue weighted by Gasteiger charge is -2.06. The Morgan fingerprint density at radius 1 is 1.04 bits per heavy atom. The molecule has 0 atom stereocenters. The van der Waals surface area contributed by atoms with Gasteiger partial charge in [0.25, 0.3) is 0 Å². The maximum absolute atomic E-state index is 11.8. The molecule has 0 saturated heterocycles. The molecular formula is C18H18ClN3O3. The second kappa shape index (κ2) is 9.44. The highest BCUT2D eigenvalue weighted by molar-refractivity contribution is 6.30. The average Bonchev–Trinajstić information content (AvgIpc) is 2.62. The number of methoxy groups -OCH3 is 1. The zero-order valence-corrected chi connectivity index (χ0v) is 14.4. The molecule has 0 aliphatic carbocycles. The molecule has 0 aromatic heterocycles. The number of hydrogen-bond acceptors (Lipinski definition) is 4. The summed E-state index contributed by atoms with van der Waals surface area (Å²) in [6, 6.07) is 14.0. The number of hydrogen-bond donors (Lipinski definition) is 2. The van der Waals surface area contributed by atoms with Gasteiger partial charge in [0, 0.05) is 23.6 Å². The van der Waals surface area contributed by atoms with Crippen LogP contribution < -0.4 is 15.5 Å². The third-order valence-corrected chi connectivity index (χ3v) is 3.48. The fourth-order valence-corrected chi connectivity index (χ4v) is 2.03. The number of nitrogens with zero attached hydrogens (tertiary/aromatic N) is 1. The molecule has 25 heavy (non-hydrogen) atoms. The van der Waals surface area contributed by atoms with Gasteiger partial charge in [0.05, 0.1) is 13.3 Å². The lowest BCUT2D eigenvalue weighted by atomic mass is 10.2. The Morgan fingerprint density at radius 2 is 1.68 bits per heavy atom. The van der Waals surface area contributed by atoms with E-state index in [-0.39, 0.29) is 24.7 Å². The predicted molar refractivity (Wildman–Crippen MR) is 98.0 cm³/mol. The summed E-state index contributed by atoms with van der Waals surface area (Å²) >= 11 is 5.78. The van der Waals surface area contributed by atoms with Crippen LogP contribution in [-0.4, -0.2) is 25.1 Å². The Morgan fingerprint density at radius 3 is 2.32 bits per heavy atom. The molecule has 6 nitrogen and oxygen atoms in total. The smallest absolute Gasteiger partial charge is 0.240 e. The highest BCUT2D eigenvalue weighted by Crippen LogP contribution is 2.15. The van der Waals surface area contributed by atoms with Crippen molar-refractivity contribution in [1.82, 2.24) is 5.43 Å². The normalized spacial score (nSPS) is 10.5. The highest BCUT2D eigenvalue weighted by atomic mass is 35.5. The number of halogens is 1. The molecule has 2 rings (SSSR count). The van der Waals surface area contributed by atoms with Crippen LogP contribution in [0.15, 0.2) is 53.6 Å². The number of anilines is 1. The Bertz CT molecular complexity index is 743. The lowest BCUT2D eigenvalue weighted by Crippen LogP contribution is -2.20. The van der Waals surface area contributed by atoms with Crippen LogP contribution in [0.4, 0.5) is 5.69 Å². The van der Waals surface area contributed by atoms with Crippen molar-refractivity contribution in [3.05, 3.63) is 59.1 Å². The highest BCUT2D eigenvalue weighted by Gasteiger charge is 2.06. The monoisotopic (exact) mass is 359 g/mol. The second-order valence-corrected chi connectivity index (χ2v) is 5.56. The molecule has 2 aromatic rings. The first-order valence-electron chi connectivity index (χ1n) is 7.58. The van der Waals surface area contributed by atoms with Crippen molar-refractivity contribution in [3.8, 4) is 5.75 Å². The van der Waals surface area contributed by atoms with Crippen LogP contribution in [0.5, 0.6) is 5.75 Å². The minimum absolute atomic E-state index is 0.0416. The summed E-state index contributed by atoms with van der Waals surface area (Å²) in [6.45, 7) is 0. The van der Waals surface area contributed by atoms with Gasteiger partial charge in [-0.3, -0.25) is 9.59 Å². The van der Waals surface area contributed by atoms with Gasteiger partial charge in [0.15, 0.2) is 0 Å². The number of benzene rings is 2. The van der Waals surface area contributed by atoms with E-state index in [0.29, 0.717) is 16.5 Å². The van der Waals surface area contributed by atoms with E-state index in [2.05, 4.69) is 15.8 Å². The fourth-order valence-electron chi connectivity index (χ4n) is 1.91. The summed E-state index contributed by atoms with van der Waals surface area (Å²) in [5.74, 6) is 0.119. The molecule has 0 fully saturated rings. The fraction of sp³-hybridized carbons (Fsp3) is 0.167. The third-order valence-electron chi connectivity index (χ3n) is 3.23. The van der Waals surface area contributed by atoms with Crippen molar-refractivity contribution >= 4 is 35.3 Å². The molecule has 0 spiro atoms. The van der Waals surface area contributed by atoms with Gasteiger partial charge in [-0.2, -0.15) is 5.10 Å². The minimum atomic E-state index is -0.338. The molecule has 0 aliphatic heterocycles. The Labute approximate surface area is 150 Å². The van der Waals surface area contributed by atoms with Crippen molar-refractivity contribution in [2.24, 2.45) is 5.10 Å². The first-order chi connectivity index (χ1) is 12.1. The Hall–Kier alpha value is -2.86. The van der Waals surface area contributed by atoms with E-state index >= 15 is 0 Å². The van der Waals surface area contributed by atoms with Crippen LogP contribution in [0.25, 0.3) is 0 Å². The third kappa shape index (κ3) is 6.64. The topological polar surface area (TPSA) is 79.8 Å². The molecule has 2 amide bonds. The minimum Gasteiger partial charge on any atom is -0.497 e. The SMILES string of the molecule is COc1ccc(NC(=O)CCC(=O)N/N=C/c2ccc(Cl)cc2)cc1. The van der Waals surface area contributed by atoms with Gasteiger partial charge in [0.1, 0.15) is 5.75 Å². The lowest BCUT2D eigenvalue weighted by molar-refractivity contribution is -0.124. The number of nitrogens with one attached hydrogen (secondary N) is 2. The van der Waals surface area contributed by atoms with Crippen molar-refractivity contribution in [2.45, 2.75) is 12.8 Å². The Balaban J connectivity index is 1.71. The molecule has 0 heterocycles. The largest absolute Gasteiger partial charge is 0.497 e. The number of amides is 2. The zero-order chi connectivity index (χ0) is 18.1. The molecule has 7 heteroatoms. The van der Waals surface area contributed by atoms with Gasteiger partial charge in [0.2, 0.25) is 11.8 Å². The predicted octanol–water partition coefficient (Wildman–Crippen LogP) is 3.22. The van der Waals surface area contributed by atoms with Gasteiger partial charge in [-0.15, -0.1) is 0 Å². The number of carbonyl (C=O) groups excluding carboxylic acids is 2. The van der Waals surface area contributed by atoms with Crippen LogP contribution in [0, 0.1) is 0 Å². The van der Waals surface area contributed by atoms with Crippen molar-refractivity contribution < 1.29 is 14.3 Å². The summed E-state index contributed by atoms with van der Waals surface area (Å²) in [5, 5.41) is 7.18. The molecule has 2 N–H and O–H groups in total. The number of carbonyl (C=O) groups is 2. The molecule has 0 unspecified atom stereocenters. The summed E-state index contributed by atoms with van der Waals surface area (Å²) < 4.78 is 5.04. The van der Waals surface area contributed by atoms with E-state index in [1.807, 2.05) is 0 Å². The first kappa shape index (κ1) is 18.5. The molecule has 0 radical (unpaired) electrons. The number of hydrazone groups is 1. The van der Waals surface area contributed by atoms with Gasteiger partial charge in [-0.05, 0) is 42.0 Å². The Kier molecular flexibility index (Phi) is 6.98. The molecular weight excluding hydrogens is 342 g/mol. The molecule has 0 aliphatic rings. The number of ether oxygens (including phenoxy) is 1. The van der Waals surface area contributed by atoms with Crippen LogP contribution in [-0.2, 0) is 9.59 Å². The average molecular weight is 360 g/mol. The van der Waals surface area contributed by atoms with Gasteiger partial charge in [-0.1, -0.05) is 23.7 Å². The maximum atomic E-state index is 11.8. The van der Waals surface area contributed by atoms with E-state index in [1.54, 1.807) is 55.6 Å². The van der Waals surface area contributed by atoms with Crippen LogP contribution in [0.3, 0.4) is 0 Å². The van der Waals surface area contributed by atoms with Gasteiger partial charge in [-0.25, -0.2) is 5.43 Å². The standard InChI is InChI=1S/C18H18ClN3O3/c1-25-16-8-6-15(7-9-16)21-17(23)10-11-18(24)22-20-12-13-2-4-14(19)5-3-13/h2-9,12H,10-11H2,1H3,(H,21,23)(H,22,24)/b20-12+. The summed E-state index contributed by atoms with van der Waals surface area (Å²) in [5.41, 5.74) is 3.83. The van der Waals surface area contributed by atoms with E-state index < -0.39 is 0 Å². The molecule has 2 aromatic carbocycles. The van der Waals surface area contributed by atoms with E-state index in [9.17, 15) is 9.59 Å². The summed E-state index contributed by atoms with van der Waals surface area (Å²) in [7, 11) is 1.57. The van der Waals surface area contributed by atoms with Crippen molar-refractivity contribution in [1.29, 1.82) is 0 Å². The molecule has 0 saturated carbocycles. The van der Waals surface area contributed by atoms with Crippen molar-refractivity contribution in [2.75, 3.05) is 12.4 Å². The van der Waals surface area contributed by atoms with E-state index in [0.717, 1.165) is 5.56 Å². The zero-order valence-electron chi connectivity index (χ0n) is 13.7. The molecule has 0 bridgehead atoms. The van der Waals surface area contributed by atoms with E-state index in [4.69, 9.17) is 16.3 Å². The summed E-state index contributed by atoms with van der Waals surface area (Å²) in [6.07, 6.45) is 1.61. The van der Waals surface area contributed by atoms with Crippen LogP contribution >= 0.6 is 11.6 Å². The molecule has 130 valence electrons. The first-order valence-corrected chi connectivity index (χ1v) is 7.96. The van der Waals surface area contributed by atoms with Crippen LogP contribution in [0.1, 0.15) is 18.4 Å². The van der Waals surface area contributed by atoms with Crippen LogP contribution in [0.2, 0.25) is 5.02 Å². The van der Waals surface area contributed by atoms with Gasteiger partial charge < -0.3 is 10.1 Å². The van der Waals surface area contributed by atoms with E-state index in [1.165, 1.54) is 6.21 Å². The number of rotatable bonds is 7. The maximum Gasteiger partial charge on any atom is 0.240 e. The van der Waals surface area contributed by atoms with Crippen molar-refractivity contribution in [3.63, 3.8) is 0 Å². The quantitative estimate of drug-likeness (QED) is 0.588. The second-order valence-electron chi connectivity index (χ2n) is 5.12. The van der Waals surface area contributed by atoms with Gasteiger partial charge >= 0.3 is 0 Å². The summed E-state index contributed by atoms with van der Waals surface area (Å²) in [4.78, 5) is 23.5.